The third-order valence-corrected chi connectivity index (χ3v) is 1.41. The van der Waals surface area contributed by atoms with Crippen LogP contribution in [0.2, 0.25) is 0 Å². The molecule has 1 rings (SSSR count). The number of benzene rings is 1. The first kappa shape index (κ1) is 15.8. The third kappa shape index (κ3) is 6.46. The Morgan fingerprint density at radius 2 is 1.60 bits per heavy atom. The van der Waals surface area contributed by atoms with E-state index in [-0.39, 0.29) is 0 Å². The second-order valence-electron chi connectivity index (χ2n) is 2.08. The SMILES string of the molecule is C=Cc1ccccc1/C=N/O.CC.CO. The lowest BCUT2D eigenvalue weighted by atomic mass is 10.1. The molecule has 15 heavy (non-hydrogen) atoms. The largest absolute Gasteiger partial charge is 0.411 e. The van der Waals surface area contributed by atoms with Crippen LogP contribution in [0.3, 0.4) is 0 Å². The van der Waals surface area contributed by atoms with Crippen LogP contribution in [-0.4, -0.2) is 23.6 Å². The minimum Gasteiger partial charge on any atom is -0.411 e. The molecule has 0 aliphatic rings. The van der Waals surface area contributed by atoms with Crippen LogP contribution in [0.15, 0.2) is 36.0 Å². The number of nitrogens with zero attached hydrogens (tertiary/aromatic N) is 1. The first-order valence-electron chi connectivity index (χ1n) is 4.72. The zero-order valence-corrected chi connectivity index (χ0v) is 9.51. The summed E-state index contributed by atoms with van der Waals surface area (Å²) < 4.78 is 0. The van der Waals surface area contributed by atoms with Crippen LogP contribution in [0.5, 0.6) is 0 Å². The number of oxime groups is 1. The van der Waals surface area contributed by atoms with E-state index < -0.39 is 0 Å². The summed E-state index contributed by atoms with van der Waals surface area (Å²) >= 11 is 0. The summed E-state index contributed by atoms with van der Waals surface area (Å²) in [7, 11) is 1.00. The summed E-state index contributed by atoms with van der Waals surface area (Å²) in [4.78, 5) is 0. The van der Waals surface area contributed by atoms with Crippen molar-refractivity contribution >= 4 is 12.3 Å². The minimum atomic E-state index is 0.866. The molecule has 0 saturated heterocycles. The number of hydrogen-bond donors (Lipinski definition) is 2. The van der Waals surface area contributed by atoms with Gasteiger partial charge in [-0.2, -0.15) is 0 Å². The Kier molecular flexibility index (Phi) is 13.1. The molecule has 2 N–H and O–H groups in total. The van der Waals surface area contributed by atoms with Gasteiger partial charge in [0.1, 0.15) is 0 Å². The Labute approximate surface area is 91.4 Å². The molecule has 0 unspecified atom stereocenters. The topological polar surface area (TPSA) is 52.8 Å². The Hall–Kier alpha value is -1.61. The van der Waals surface area contributed by atoms with Crippen LogP contribution in [0, 0.1) is 0 Å². The predicted octanol–water partition coefficient (Wildman–Crippen LogP) is 2.77. The molecule has 0 heterocycles. The summed E-state index contributed by atoms with van der Waals surface area (Å²) in [6.07, 6.45) is 3.11. The molecule has 0 amide bonds. The van der Waals surface area contributed by atoms with E-state index in [2.05, 4.69) is 11.7 Å². The smallest absolute Gasteiger partial charge is 0.0739 e. The number of hydrogen-bond acceptors (Lipinski definition) is 3. The van der Waals surface area contributed by atoms with Gasteiger partial charge in [-0.25, -0.2) is 0 Å². The Morgan fingerprint density at radius 3 is 2.00 bits per heavy atom. The van der Waals surface area contributed by atoms with Crippen molar-refractivity contribution in [2.75, 3.05) is 7.11 Å². The van der Waals surface area contributed by atoms with Gasteiger partial charge in [-0.3, -0.25) is 0 Å². The van der Waals surface area contributed by atoms with E-state index in [0.717, 1.165) is 18.2 Å². The average molecular weight is 209 g/mol. The molecule has 3 heteroatoms. The second kappa shape index (κ2) is 12.4. The van der Waals surface area contributed by atoms with E-state index >= 15 is 0 Å². The van der Waals surface area contributed by atoms with E-state index in [1.165, 1.54) is 6.21 Å². The number of aliphatic hydroxyl groups excluding tert-OH is 1. The molecule has 0 radical (unpaired) electrons. The summed E-state index contributed by atoms with van der Waals surface area (Å²) in [5.41, 5.74) is 1.83. The monoisotopic (exact) mass is 209 g/mol. The summed E-state index contributed by atoms with van der Waals surface area (Å²) in [6, 6.07) is 7.55. The molecule has 0 fully saturated rings. The van der Waals surface area contributed by atoms with E-state index in [9.17, 15) is 0 Å². The zero-order valence-electron chi connectivity index (χ0n) is 9.51. The minimum absolute atomic E-state index is 0.866. The summed E-state index contributed by atoms with van der Waals surface area (Å²) in [6.45, 7) is 7.63. The maximum Gasteiger partial charge on any atom is 0.0739 e. The highest BCUT2D eigenvalue weighted by atomic mass is 16.4. The fourth-order valence-corrected chi connectivity index (χ4v) is 0.877. The molecule has 0 bridgehead atoms. The Morgan fingerprint density at radius 1 is 1.13 bits per heavy atom. The van der Waals surface area contributed by atoms with Crippen LogP contribution in [-0.2, 0) is 0 Å². The summed E-state index contributed by atoms with van der Waals surface area (Å²) in [5, 5.41) is 18.2. The van der Waals surface area contributed by atoms with Crippen LogP contribution in [0.25, 0.3) is 6.08 Å². The van der Waals surface area contributed by atoms with E-state index in [4.69, 9.17) is 10.3 Å². The molecule has 0 atom stereocenters. The van der Waals surface area contributed by atoms with Gasteiger partial charge in [0.2, 0.25) is 0 Å². The molecule has 1 aromatic carbocycles. The lowest BCUT2D eigenvalue weighted by Gasteiger charge is -1.96. The highest BCUT2D eigenvalue weighted by Crippen LogP contribution is 2.06. The molecule has 0 saturated carbocycles. The first-order valence-corrected chi connectivity index (χ1v) is 4.72. The van der Waals surface area contributed by atoms with Crippen molar-refractivity contribution in [1.29, 1.82) is 0 Å². The van der Waals surface area contributed by atoms with Gasteiger partial charge in [0, 0.05) is 12.7 Å². The van der Waals surface area contributed by atoms with Crippen molar-refractivity contribution in [3.63, 3.8) is 0 Å². The van der Waals surface area contributed by atoms with Crippen LogP contribution in [0.1, 0.15) is 25.0 Å². The van der Waals surface area contributed by atoms with Crippen molar-refractivity contribution in [3.8, 4) is 0 Å². The van der Waals surface area contributed by atoms with Crippen molar-refractivity contribution in [2.45, 2.75) is 13.8 Å². The van der Waals surface area contributed by atoms with Crippen molar-refractivity contribution in [2.24, 2.45) is 5.16 Å². The molecule has 0 spiro atoms. The quantitative estimate of drug-likeness (QED) is 0.447. The van der Waals surface area contributed by atoms with Gasteiger partial charge in [0.15, 0.2) is 0 Å². The van der Waals surface area contributed by atoms with Gasteiger partial charge in [0.05, 0.1) is 6.21 Å². The maximum absolute atomic E-state index is 8.27. The van der Waals surface area contributed by atoms with Gasteiger partial charge < -0.3 is 10.3 Å². The molecule has 84 valence electrons. The maximum atomic E-state index is 8.27. The van der Waals surface area contributed by atoms with Gasteiger partial charge in [0.25, 0.3) is 0 Å². The second-order valence-corrected chi connectivity index (χ2v) is 2.08. The van der Waals surface area contributed by atoms with E-state index in [1.807, 2.05) is 38.1 Å². The normalized spacial score (nSPS) is 8.27. The summed E-state index contributed by atoms with van der Waals surface area (Å²) in [5.74, 6) is 0. The lowest BCUT2D eigenvalue weighted by molar-refractivity contribution is 0.322. The fraction of sp³-hybridized carbons (Fsp3) is 0.250. The number of rotatable bonds is 2. The molecule has 0 aliphatic heterocycles. The Balaban J connectivity index is 0. The number of aliphatic hydroxyl groups is 1. The van der Waals surface area contributed by atoms with Gasteiger partial charge in [-0.1, -0.05) is 55.9 Å². The van der Waals surface area contributed by atoms with Gasteiger partial charge in [-0.15, -0.1) is 0 Å². The highest BCUT2D eigenvalue weighted by molar-refractivity contribution is 5.84. The lowest BCUT2D eigenvalue weighted by Crippen LogP contribution is -1.84. The Bertz CT molecular complexity index is 283. The highest BCUT2D eigenvalue weighted by Gasteiger charge is 1.92. The first-order chi connectivity index (χ1) is 7.38. The average Bonchev–Trinajstić information content (AvgIpc) is 2.35. The molecule has 1 aromatic rings. The van der Waals surface area contributed by atoms with Crippen LogP contribution >= 0.6 is 0 Å². The third-order valence-electron chi connectivity index (χ3n) is 1.41. The van der Waals surface area contributed by atoms with Crippen LogP contribution in [0.4, 0.5) is 0 Å². The molecule has 0 aliphatic carbocycles. The van der Waals surface area contributed by atoms with E-state index in [1.54, 1.807) is 6.08 Å². The van der Waals surface area contributed by atoms with Gasteiger partial charge in [-0.05, 0) is 5.56 Å². The molecule has 3 nitrogen and oxygen atoms in total. The fourth-order valence-electron chi connectivity index (χ4n) is 0.877. The predicted molar refractivity (Wildman–Crippen MR) is 65.4 cm³/mol. The van der Waals surface area contributed by atoms with E-state index in [0.29, 0.717) is 0 Å². The molecular formula is C12H19NO2. The van der Waals surface area contributed by atoms with Gasteiger partial charge >= 0.3 is 0 Å². The van der Waals surface area contributed by atoms with Crippen molar-refractivity contribution < 1.29 is 10.3 Å². The van der Waals surface area contributed by atoms with Crippen molar-refractivity contribution in [1.82, 2.24) is 0 Å². The standard InChI is InChI=1S/C9H9NO.C2H6.CH4O/c1-2-8-5-3-4-6-9(8)7-10-11;2*1-2/h2-7,11H,1H2;1-2H3;2H,1H3/b10-7+;;. The zero-order chi connectivity index (χ0) is 12.1. The van der Waals surface area contributed by atoms with Crippen molar-refractivity contribution in [3.05, 3.63) is 42.0 Å². The van der Waals surface area contributed by atoms with Crippen LogP contribution < -0.4 is 0 Å². The molecule has 0 aromatic heterocycles. The molecular weight excluding hydrogens is 190 g/mol.